The fourth-order valence-electron chi connectivity index (χ4n) is 14.8. The average molecular weight is 866 g/mol. The zero-order valence-electron chi connectivity index (χ0n) is 39.1. The van der Waals surface area contributed by atoms with Gasteiger partial charge in [0, 0.05) is 82.5 Å². The highest BCUT2D eigenvalue weighted by Crippen LogP contribution is 2.80. The highest BCUT2D eigenvalue weighted by atomic mass is 16.6. The van der Waals surface area contributed by atoms with E-state index in [1.165, 1.54) is 44.9 Å². The normalized spacial score (nSPS) is 37.8. The minimum absolute atomic E-state index is 0.00527. The van der Waals surface area contributed by atoms with E-state index in [1.54, 1.807) is 52.7 Å². The van der Waals surface area contributed by atoms with Gasteiger partial charge in [0.25, 0.3) is 0 Å². The first-order valence-electron chi connectivity index (χ1n) is 24.4. The molecule has 1 saturated heterocycles. The molecule has 348 valence electrons. The summed E-state index contributed by atoms with van der Waals surface area (Å²) < 4.78 is 45.0. The number of fused-ring (bicyclic) bond motifs is 2. The van der Waals surface area contributed by atoms with Crippen LogP contribution in [0.25, 0.3) is 0 Å². The summed E-state index contributed by atoms with van der Waals surface area (Å²) in [5.74, 6) is -1.23. The Morgan fingerprint density at radius 2 is 1.47 bits per heavy atom. The first-order chi connectivity index (χ1) is 30.1. The number of hydrogen-bond donors (Lipinski definition) is 1. The lowest BCUT2D eigenvalue weighted by atomic mass is 9.43. The number of piperidine rings is 1. The van der Waals surface area contributed by atoms with Gasteiger partial charge in [0.2, 0.25) is 0 Å². The number of aliphatic hydroxyl groups is 1. The first kappa shape index (κ1) is 47.4. The Hall–Kier alpha value is -2.54. The summed E-state index contributed by atoms with van der Waals surface area (Å²) in [6, 6.07) is 6.76. The van der Waals surface area contributed by atoms with Crippen LogP contribution in [0.2, 0.25) is 0 Å². The molecule has 7 bridgehead atoms. The molecule has 0 radical (unpaired) electrons. The summed E-state index contributed by atoms with van der Waals surface area (Å²) in [6.07, 6.45) is 20.4. The zero-order chi connectivity index (χ0) is 44.1. The van der Waals surface area contributed by atoms with Crippen molar-refractivity contribution in [3.8, 4) is 5.75 Å². The Morgan fingerprint density at radius 3 is 2.08 bits per heavy atom. The molecule has 11 heteroatoms. The van der Waals surface area contributed by atoms with Crippen LogP contribution in [0.3, 0.4) is 0 Å². The highest BCUT2D eigenvalue weighted by molar-refractivity contribution is 5.89. The largest absolute Gasteiger partial charge is 0.497 e. The number of ether oxygens (including phenoxy) is 7. The molecule has 1 aliphatic heterocycles. The minimum Gasteiger partial charge on any atom is -0.497 e. The van der Waals surface area contributed by atoms with Crippen LogP contribution in [0.4, 0.5) is 0 Å². The zero-order valence-corrected chi connectivity index (χ0v) is 39.1. The molecular formula is C51H79NO10. The van der Waals surface area contributed by atoms with Crippen molar-refractivity contribution in [3.63, 3.8) is 0 Å². The number of carbonyl (C=O) groups excluding carboxylic acids is 2. The van der Waals surface area contributed by atoms with Crippen molar-refractivity contribution in [1.29, 1.82) is 0 Å². The standard InChI is InChI=1S/C51H79NO10/c1-8-10-11-12-13-14-15-16-17-18-19-20-21-22-23-24-40(53)62-50-32-39(59-6)49(55)31-37(41(50)46(49)61-47(54)35-25-27-36(57-4)28-26-35)51-38(58-5)29-30-48(34-56-3)33-52(9-2)45(51)42(50)43(60-7)44(48)51/h16-17,25-28,37-39,41-46,55H,8-15,18-24,29-34H2,1-7H3/b17-16-/t37-,38+,39+,41-,42+,43+,44-,45-,46-,48+,49-,50-,51+/m1/s1. The van der Waals surface area contributed by atoms with E-state index in [2.05, 4.69) is 30.9 Å². The van der Waals surface area contributed by atoms with Crippen molar-refractivity contribution in [2.45, 2.75) is 171 Å². The van der Waals surface area contributed by atoms with Crippen molar-refractivity contribution >= 4 is 11.9 Å². The molecule has 1 spiro atoms. The van der Waals surface area contributed by atoms with E-state index in [4.69, 9.17) is 33.2 Å². The van der Waals surface area contributed by atoms with Crippen molar-refractivity contribution in [1.82, 2.24) is 4.90 Å². The van der Waals surface area contributed by atoms with Crippen LogP contribution in [0.15, 0.2) is 36.4 Å². The Labute approximate surface area is 372 Å². The number of carbonyl (C=O) groups is 2. The van der Waals surface area contributed by atoms with Crippen molar-refractivity contribution < 1.29 is 47.9 Å². The van der Waals surface area contributed by atoms with Crippen molar-refractivity contribution in [3.05, 3.63) is 42.0 Å². The summed E-state index contributed by atoms with van der Waals surface area (Å²) in [7, 11) is 8.60. The number of rotatable bonds is 25. The van der Waals surface area contributed by atoms with Crippen LogP contribution in [-0.4, -0.2) is 119 Å². The third-order valence-corrected chi connectivity index (χ3v) is 16.9. The maximum absolute atomic E-state index is 14.6. The van der Waals surface area contributed by atoms with E-state index < -0.39 is 40.7 Å². The van der Waals surface area contributed by atoms with Crippen LogP contribution in [0, 0.1) is 34.5 Å². The molecule has 0 unspecified atom stereocenters. The molecule has 13 atom stereocenters. The number of nitrogens with zero attached hydrogens (tertiary/aromatic N) is 1. The molecule has 0 aromatic heterocycles. The summed E-state index contributed by atoms with van der Waals surface area (Å²) in [5, 5.41) is 13.1. The van der Waals surface area contributed by atoms with Crippen LogP contribution in [-0.2, 0) is 33.2 Å². The second-order valence-corrected chi connectivity index (χ2v) is 19.8. The average Bonchev–Trinajstić information content (AvgIpc) is 3.66. The van der Waals surface area contributed by atoms with Gasteiger partial charge in [0.05, 0.1) is 37.6 Å². The van der Waals surface area contributed by atoms with Gasteiger partial charge in [-0.05, 0) is 88.1 Å². The van der Waals surface area contributed by atoms with Gasteiger partial charge in [0.1, 0.15) is 23.1 Å². The fourth-order valence-corrected chi connectivity index (χ4v) is 14.8. The molecule has 5 aliphatic carbocycles. The van der Waals surface area contributed by atoms with Crippen molar-refractivity contribution in [2.24, 2.45) is 34.5 Å². The van der Waals surface area contributed by atoms with Crippen LogP contribution in [0.5, 0.6) is 5.75 Å². The fraction of sp³-hybridized carbons (Fsp3) is 0.804. The van der Waals surface area contributed by atoms with E-state index in [9.17, 15) is 14.7 Å². The van der Waals surface area contributed by atoms with E-state index in [-0.39, 0.29) is 53.8 Å². The topological polar surface area (TPSA) is 122 Å². The molecule has 1 aromatic rings. The summed E-state index contributed by atoms with van der Waals surface area (Å²) >= 11 is 0. The Morgan fingerprint density at radius 1 is 0.806 bits per heavy atom. The monoisotopic (exact) mass is 866 g/mol. The number of hydrogen-bond acceptors (Lipinski definition) is 11. The van der Waals surface area contributed by atoms with Crippen LogP contribution >= 0.6 is 0 Å². The second kappa shape index (κ2) is 20.3. The van der Waals surface area contributed by atoms with Gasteiger partial charge in [-0.3, -0.25) is 9.69 Å². The molecule has 0 amide bonds. The Kier molecular flexibility index (Phi) is 15.5. The SMILES string of the molecule is CCCCCCCC/C=C\CCCCCCCC(=O)O[C@]12C[C@H](OC)[C@]3(O)C[C@H]([C@@H]1[C@H]3OC(=O)c1ccc(OC)cc1)[C@@]13[C@@H](OC)CC[C@@]4(COC)CN(CC)[C@@H]1[C@@H]2[C@H](OC)[C@H]43. The van der Waals surface area contributed by atoms with E-state index in [0.717, 1.165) is 64.5 Å². The quantitative estimate of drug-likeness (QED) is 0.0577. The maximum atomic E-state index is 14.6. The molecule has 6 fully saturated rings. The Bertz CT molecular complexity index is 1670. The van der Waals surface area contributed by atoms with Gasteiger partial charge >= 0.3 is 11.9 Å². The molecular weight excluding hydrogens is 787 g/mol. The molecule has 11 nitrogen and oxygen atoms in total. The number of benzene rings is 1. The van der Waals surface area contributed by atoms with Crippen LogP contribution < -0.4 is 4.74 Å². The molecule has 1 N–H and O–H groups in total. The number of likely N-dealkylation sites (tertiary alicyclic amines) is 1. The summed E-state index contributed by atoms with van der Waals surface area (Å²) in [6.45, 7) is 6.67. The minimum atomic E-state index is -1.53. The third kappa shape index (κ3) is 8.09. The van der Waals surface area contributed by atoms with Crippen molar-refractivity contribution in [2.75, 3.05) is 55.2 Å². The number of esters is 2. The molecule has 62 heavy (non-hydrogen) atoms. The number of unbranched alkanes of at least 4 members (excludes halogenated alkanes) is 11. The van der Waals surface area contributed by atoms with Gasteiger partial charge in [0.15, 0.2) is 0 Å². The molecule has 7 rings (SSSR count). The van der Waals surface area contributed by atoms with Gasteiger partial charge < -0.3 is 38.3 Å². The van der Waals surface area contributed by atoms with Gasteiger partial charge in [-0.2, -0.15) is 0 Å². The first-order valence-corrected chi connectivity index (χ1v) is 24.4. The van der Waals surface area contributed by atoms with Gasteiger partial charge in [-0.15, -0.1) is 0 Å². The lowest BCUT2D eigenvalue weighted by Gasteiger charge is -2.69. The van der Waals surface area contributed by atoms with E-state index in [0.29, 0.717) is 30.8 Å². The lowest BCUT2D eigenvalue weighted by molar-refractivity contribution is -0.287. The highest BCUT2D eigenvalue weighted by Gasteiger charge is 2.90. The second-order valence-electron chi connectivity index (χ2n) is 19.8. The lowest BCUT2D eigenvalue weighted by Crippen LogP contribution is -2.77. The van der Waals surface area contributed by atoms with E-state index >= 15 is 0 Å². The molecule has 5 saturated carbocycles. The predicted octanol–water partition coefficient (Wildman–Crippen LogP) is 8.73. The molecule has 1 aromatic carbocycles. The van der Waals surface area contributed by atoms with Gasteiger partial charge in [-0.1, -0.05) is 77.4 Å². The number of allylic oxidation sites excluding steroid dienone is 2. The van der Waals surface area contributed by atoms with E-state index in [1.807, 2.05) is 7.11 Å². The predicted molar refractivity (Wildman–Crippen MR) is 238 cm³/mol. The smallest absolute Gasteiger partial charge is 0.338 e. The molecule has 6 aliphatic rings. The third-order valence-electron chi connectivity index (χ3n) is 16.9. The van der Waals surface area contributed by atoms with Gasteiger partial charge in [-0.25, -0.2) is 4.79 Å². The molecule has 1 heterocycles. The summed E-state index contributed by atoms with van der Waals surface area (Å²) in [4.78, 5) is 31.4. The Balaban J connectivity index is 1.16. The summed E-state index contributed by atoms with van der Waals surface area (Å²) in [5.41, 5.74) is -3.09. The van der Waals surface area contributed by atoms with Crippen LogP contribution in [0.1, 0.15) is 140 Å². The number of methoxy groups -OCH3 is 5. The maximum Gasteiger partial charge on any atom is 0.338 e.